The van der Waals surface area contributed by atoms with Crippen LogP contribution in [0.2, 0.25) is 0 Å². The second-order valence-corrected chi connectivity index (χ2v) is 10.2. The fourth-order valence-corrected chi connectivity index (χ4v) is 5.29. The Labute approximate surface area is 192 Å². The number of amides is 1. The van der Waals surface area contributed by atoms with Crippen LogP contribution in [0, 0.1) is 12.7 Å². The molecule has 0 atom stereocenters. The van der Waals surface area contributed by atoms with Crippen LogP contribution in [0.1, 0.15) is 12.0 Å². The molecule has 3 aromatic carbocycles. The highest BCUT2D eigenvalue weighted by atomic mass is 32.2. The van der Waals surface area contributed by atoms with E-state index in [4.69, 9.17) is 0 Å². The molecule has 0 aromatic heterocycles. The van der Waals surface area contributed by atoms with Gasteiger partial charge in [0.05, 0.1) is 10.6 Å². The molecular weight excluding hydrogens is 447 g/mol. The summed E-state index contributed by atoms with van der Waals surface area (Å²) in [5.41, 5.74) is 0.732. The number of nitrogens with one attached hydrogen (secondary N) is 1. The Balaban J connectivity index is 1.67. The quantitative estimate of drug-likeness (QED) is 0.345. The first kappa shape index (κ1) is 23.8. The lowest BCUT2D eigenvalue weighted by atomic mass is 10.2. The first-order chi connectivity index (χ1) is 15.4. The topological polar surface area (TPSA) is 66.5 Å². The van der Waals surface area contributed by atoms with E-state index < -0.39 is 28.3 Å². The molecule has 1 N–H and O–H groups in total. The summed E-state index contributed by atoms with van der Waals surface area (Å²) >= 11 is 1.68. The first-order valence-corrected chi connectivity index (χ1v) is 12.6. The van der Waals surface area contributed by atoms with Crippen molar-refractivity contribution in [2.24, 2.45) is 0 Å². The number of hydrogen-bond donors (Lipinski definition) is 1. The second-order valence-electron chi connectivity index (χ2n) is 7.14. The van der Waals surface area contributed by atoms with E-state index in [0.717, 1.165) is 26.9 Å². The van der Waals surface area contributed by atoms with Gasteiger partial charge < -0.3 is 5.32 Å². The zero-order valence-electron chi connectivity index (χ0n) is 17.7. The molecule has 1 amide bonds. The molecule has 0 spiro atoms. The van der Waals surface area contributed by atoms with Crippen LogP contribution in [0.15, 0.2) is 88.7 Å². The Morgan fingerprint density at radius 2 is 1.62 bits per heavy atom. The summed E-state index contributed by atoms with van der Waals surface area (Å²) in [7, 11) is -4.13. The summed E-state index contributed by atoms with van der Waals surface area (Å²) in [6.07, 6.45) is 0.718. The Kier molecular flexibility index (Phi) is 8.30. The number of para-hydroxylation sites is 1. The van der Waals surface area contributed by atoms with Gasteiger partial charge in [0.25, 0.3) is 10.0 Å². The van der Waals surface area contributed by atoms with Gasteiger partial charge >= 0.3 is 0 Å². The lowest BCUT2D eigenvalue weighted by molar-refractivity contribution is -0.119. The minimum atomic E-state index is -4.13. The number of benzene rings is 3. The number of halogens is 1. The minimum Gasteiger partial charge on any atom is -0.354 e. The SMILES string of the molecule is Cc1ccc(S(=O)(=O)N(CC(=O)NCCCSc2ccccc2)c2ccccc2F)cc1. The molecule has 0 saturated heterocycles. The van der Waals surface area contributed by atoms with Gasteiger partial charge in [0.2, 0.25) is 5.91 Å². The maximum absolute atomic E-state index is 14.5. The molecular formula is C24H25FN2O3S2. The van der Waals surface area contributed by atoms with Crippen molar-refractivity contribution in [1.29, 1.82) is 0 Å². The smallest absolute Gasteiger partial charge is 0.264 e. The third kappa shape index (κ3) is 6.34. The number of sulfonamides is 1. The van der Waals surface area contributed by atoms with Crippen LogP contribution in [-0.4, -0.2) is 33.2 Å². The Morgan fingerprint density at radius 3 is 2.31 bits per heavy atom. The summed E-state index contributed by atoms with van der Waals surface area (Å²) < 4.78 is 41.8. The van der Waals surface area contributed by atoms with Gasteiger partial charge in [0.15, 0.2) is 0 Å². The van der Waals surface area contributed by atoms with Crippen molar-refractivity contribution in [3.8, 4) is 0 Å². The van der Waals surface area contributed by atoms with E-state index >= 15 is 0 Å². The molecule has 0 radical (unpaired) electrons. The first-order valence-electron chi connectivity index (χ1n) is 10.2. The molecule has 0 fully saturated rings. The zero-order chi connectivity index (χ0) is 23.0. The molecule has 0 heterocycles. The molecule has 32 heavy (non-hydrogen) atoms. The van der Waals surface area contributed by atoms with Gasteiger partial charge in [-0.1, -0.05) is 48.0 Å². The summed E-state index contributed by atoms with van der Waals surface area (Å²) in [6, 6.07) is 21.7. The van der Waals surface area contributed by atoms with E-state index in [9.17, 15) is 17.6 Å². The van der Waals surface area contributed by atoms with Gasteiger partial charge in [-0.15, -0.1) is 11.8 Å². The van der Waals surface area contributed by atoms with Crippen LogP contribution in [0.25, 0.3) is 0 Å². The largest absolute Gasteiger partial charge is 0.354 e. The predicted octanol–water partition coefficient (Wildman–Crippen LogP) is 4.63. The van der Waals surface area contributed by atoms with Crippen LogP contribution in [0.3, 0.4) is 0 Å². The Bertz CT molecular complexity index is 1140. The average Bonchev–Trinajstić information content (AvgIpc) is 2.79. The predicted molar refractivity (Wildman–Crippen MR) is 127 cm³/mol. The summed E-state index contributed by atoms with van der Waals surface area (Å²) in [6.45, 7) is 1.73. The van der Waals surface area contributed by atoms with E-state index in [-0.39, 0.29) is 10.6 Å². The van der Waals surface area contributed by atoms with Crippen LogP contribution in [0.4, 0.5) is 10.1 Å². The van der Waals surface area contributed by atoms with Crippen molar-refractivity contribution >= 4 is 33.4 Å². The van der Waals surface area contributed by atoms with E-state index in [1.54, 1.807) is 23.9 Å². The zero-order valence-corrected chi connectivity index (χ0v) is 19.3. The van der Waals surface area contributed by atoms with E-state index in [1.807, 2.05) is 37.3 Å². The van der Waals surface area contributed by atoms with Crippen LogP contribution in [0.5, 0.6) is 0 Å². The second kappa shape index (κ2) is 11.2. The van der Waals surface area contributed by atoms with Gasteiger partial charge in [-0.25, -0.2) is 12.8 Å². The number of carbonyl (C=O) groups is 1. The van der Waals surface area contributed by atoms with Crippen molar-refractivity contribution in [2.45, 2.75) is 23.1 Å². The van der Waals surface area contributed by atoms with E-state index in [2.05, 4.69) is 5.32 Å². The molecule has 0 aliphatic carbocycles. The maximum atomic E-state index is 14.5. The van der Waals surface area contributed by atoms with Crippen LogP contribution in [-0.2, 0) is 14.8 Å². The van der Waals surface area contributed by atoms with Crippen molar-refractivity contribution in [1.82, 2.24) is 5.32 Å². The highest BCUT2D eigenvalue weighted by molar-refractivity contribution is 7.99. The Morgan fingerprint density at radius 1 is 0.969 bits per heavy atom. The molecule has 5 nitrogen and oxygen atoms in total. The fraction of sp³-hybridized carbons (Fsp3) is 0.208. The molecule has 0 bridgehead atoms. The average molecular weight is 473 g/mol. The summed E-state index contributed by atoms with van der Waals surface area (Å²) in [4.78, 5) is 13.7. The lowest BCUT2D eigenvalue weighted by Gasteiger charge is -2.24. The number of rotatable bonds is 10. The number of aryl methyl sites for hydroxylation is 1. The van der Waals surface area contributed by atoms with E-state index in [1.165, 1.54) is 36.4 Å². The molecule has 0 aliphatic heterocycles. The highest BCUT2D eigenvalue weighted by Gasteiger charge is 2.29. The number of nitrogens with zero attached hydrogens (tertiary/aromatic N) is 1. The monoisotopic (exact) mass is 472 g/mol. The van der Waals surface area contributed by atoms with Gasteiger partial charge in [-0.3, -0.25) is 9.10 Å². The van der Waals surface area contributed by atoms with Gasteiger partial charge in [-0.2, -0.15) is 0 Å². The standard InChI is InChI=1S/C24H25FN2O3S2/c1-19-12-14-21(15-13-19)32(29,30)27(23-11-6-5-10-22(23)25)18-24(28)26-16-7-17-31-20-8-3-2-4-9-20/h2-6,8-15H,7,16-18H2,1H3,(H,26,28). The van der Waals surface area contributed by atoms with Crippen molar-refractivity contribution < 1.29 is 17.6 Å². The van der Waals surface area contributed by atoms with Crippen molar-refractivity contribution in [3.05, 3.63) is 90.2 Å². The number of carbonyl (C=O) groups excluding carboxylic acids is 1. The molecule has 168 valence electrons. The molecule has 3 aromatic rings. The lowest BCUT2D eigenvalue weighted by Crippen LogP contribution is -2.41. The van der Waals surface area contributed by atoms with E-state index in [0.29, 0.717) is 6.54 Å². The highest BCUT2D eigenvalue weighted by Crippen LogP contribution is 2.26. The van der Waals surface area contributed by atoms with Crippen LogP contribution < -0.4 is 9.62 Å². The van der Waals surface area contributed by atoms with Crippen LogP contribution >= 0.6 is 11.8 Å². The molecule has 8 heteroatoms. The number of thioether (sulfide) groups is 1. The normalized spacial score (nSPS) is 11.2. The number of hydrogen-bond acceptors (Lipinski definition) is 4. The van der Waals surface area contributed by atoms with Gasteiger partial charge in [0, 0.05) is 11.4 Å². The summed E-state index contributed by atoms with van der Waals surface area (Å²) in [5.74, 6) is -0.396. The molecule has 0 unspecified atom stereocenters. The van der Waals surface area contributed by atoms with Gasteiger partial charge in [-0.05, 0) is 55.5 Å². The fourth-order valence-electron chi connectivity index (χ4n) is 2.98. The third-order valence-electron chi connectivity index (χ3n) is 4.67. The molecule has 0 aliphatic rings. The maximum Gasteiger partial charge on any atom is 0.264 e. The van der Waals surface area contributed by atoms with Gasteiger partial charge in [0.1, 0.15) is 12.4 Å². The minimum absolute atomic E-state index is 0.00147. The molecule has 3 rings (SSSR count). The summed E-state index contributed by atoms with van der Waals surface area (Å²) in [5, 5.41) is 2.74. The number of anilines is 1. The van der Waals surface area contributed by atoms with Crippen molar-refractivity contribution in [2.75, 3.05) is 23.1 Å². The molecule has 0 saturated carbocycles. The van der Waals surface area contributed by atoms with Crippen molar-refractivity contribution in [3.63, 3.8) is 0 Å². The third-order valence-corrected chi connectivity index (χ3v) is 7.54. The Hall–Kier alpha value is -2.84.